The van der Waals surface area contributed by atoms with Gasteiger partial charge in [-0.2, -0.15) is 24.4 Å². The number of carbonyl (C=O) groups is 4. The van der Waals surface area contributed by atoms with E-state index in [1.165, 1.54) is 11.8 Å². The van der Waals surface area contributed by atoms with Crippen molar-refractivity contribution in [3.05, 3.63) is 72.1 Å². The van der Waals surface area contributed by atoms with E-state index in [0.717, 1.165) is 32.9 Å². The molecule has 0 aliphatic heterocycles. The zero-order chi connectivity index (χ0) is 30.9. The SMILES string of the molecule is CSCCC(NC(=O)C(N)Cc1c[nH]c2ccccc12)C(=O)NC(CS)C(=O)NC(Cc1c[nH]c2ccccc12)C(=O)O. The second kappa shape index (κ2) is 15.0. The molecular weight excluding hydrogens is 589 g/mol. The number of aromatic nitrogens is 2. The van der Waals surface area contributed by atoms with E-state index >= 15 is 0 Å². The highest BCUT2D eigenvalue weighted by molar-refractivity contribution is 7.98. The van der Waals surface area contributed by atoms with Gasteiger partial charge in [0.05, 0.1) is 6.04 Å². The van der Waals surface area contributed by atoms with Gasteiger partial charge in [-0.25, -0.2) is 4.79 Å². The third kappa shape index (κ3) is 8.12. The standard InChI is InChI=1S/C30H36N6O5S2/c1-43-11-10-24(34-27(37)21(31)12-17-14-32-22-8-4-2-6-19(17)22)28(38)36-26(16-42)29(39)35-25(30(40)41)13-18-15-33-23-9-5-3-7-20(18)23/h2-9,14-15,21,24-26,32-33,42H,10-13,16,31H2,1H3,(H,34,37)(H,35,39)(H,36,38)(H,40,41). The van der Waals surface area contributed by atoms with Gasteiger partial charge in [0, 0.05) is 46.4 Å². The molecule has 0 spiro atoms. The number of thioether (sulfide) groups is 1. The predicted molar refractivity (Wildman–Crippen MR) is 172 cm³/mol. The van der Waals surface area contributed by atoms with E-state index in [2.05, 4.69) is 38.5 Å². The highest BCUT2D eigenvalue weighted by atomic mass is 32.2. The zero-order valence-corrected chi connectivity index (χ0v) is 25.3. The average Bonchev–Trinajstić information content (AvgIpc) is 3.61. The number of nitrogens with one attached hydrogen (secondary N) is 5. The number of benzene rings is 2. The molecule has 2 aromatic carbocycles. The molecule has 4 unspecified atom stereocenters. The van der Waals surface area contributed by atoms with Gasteiger partial charge in [-0.1, -0.05) is 36.4 Å². The Balaban J connectivity index is 1.38. The highest BCUT2D eigenvalue weighted by Crippen LogP contribution is 2.20. The number of thiol groups is 1. The molecule has 0 saturated carbocycles. The highest BCUT2D eigenvalue weighted by Gasteiger charge is 2.30. The zero-order valence-electron chi connectivity index (χ0n) is 23.6. The molecule has 4 aromatic rings. The summed E-state index contributed by atoms with van der Waals surface area (Å²) in [6, 6.07) is 10.9. The molecule has 3 amide bonds. The summed E-state index contributed by atoms with van der Waals surface area (Å²) in [4.78, 5) is 57.7. The monoisotopic (exact) mass is 624 g/mol. The summed E-state index contributed by atoms with van der Waals surface area (Å²) in [6.45, 7) is 0. The van der Waals surface area contributed by atoms with Crippen molar-refractivity contribution >= 4 is 69.9 Å². The lowest BCUT2D eigenvalue weighted by Crippen LogP contribution is -2.58. The molecule has 2 heterocycles. The van der Waals surface area contributed by atoms with Gasteiger partial charge >= 0.3 is 5.97 Å². The van der Waals surface area contributed by atoms with Gasteiger partial charge < -0.3 is 36.8 Å². The number of H-pyrrole nitrogens is 2. The van der Waals surface area contributed by atoms with Crippen LogP contribution in [0.4, 0.5) is 0 Å². The lowest BCUT2D eigenvalue weighted by molar-refractivity contribution is -0.142. The van der Waals surface area contributed by atoms with Crippen molar-refractivity contribution in [2.45, 2.75) is 43.4 Å². The lowest BCUT2D eigenvalue weighted by atomic mass is 10.0. The van der Waals surface area contributed by atoms with Crippen LogP contribution in [0.15, 0.2) is 60.9 Å². The number of amides is 3. The number of carboxylic acid groups (broad SMARTS) is 1. The fourth-order valence-electron chi connectivity index (χ4n) is 4.87. The number of aliphatic carboxylic acids is 1. The van der Waals surface area contributed by atoms with Gasteiger partial charge in [0.1, 0.15) is 18.1 Å². The minimum atomic E-state index is -1.24. The number of hydrogen-bond acceptors (Lipinski definition) is 7. The molecule has 0 bridgehead atoms. The third-order valence-corrected chi connectivity index (χ3v) is 8.23. The first-order valence-electron chi connectivity index (χ1n) is 13.8. The van der Waals surface area contributed by atoms with Crippen molar-refractivity contribution < 1.29 is 24.3 Å². The Morgan fingerprint density at radius 1 is 0.814 bits per heavy atom. The molecule has 0 radical (unpaired) electrons. The maximum absolute atomic E-state index is 13.3. The van der Waals surface area contributed by atoms with Gasteiger partial charge in [0.2, 0.25) is 17.7 Å². The van der Waals surface area contributed by atoms with Crippen LogP contribution in [0, 0.1) is 0 Å². The van der Waals surface area contributed by atoms with Crippen LogP contribution >= 0.6 is 24.4 Å². The van der Waals surface area contributed by atoms with Gasteiger partial charge in [0.15, 0.2) is 0 Å². The molecule has 11 nitrogen and oxygen atoms in total. The van der Waals surface area contributed by atoms with Gasteiger partial charge in [-0.3, -0.25) is 14.4 Å². The van der Waals surface area contributed by atoms with E-state index in [1.807, 2.05) is 61.0 Å². The third-order valence-electron chi connectivity index (χ3n) is 7.22. The van der Waals surface area contributed by atoms with Crippen LogP contribution in [0.25, 0.3) is 21.8 Å². The van der Waals surface area contributed by atoms with E-state index in [1.54, 1.807) is 6.20 Å². The van der Waals surface area contributed by atoms with Gasteiger partial charge in [0.25, 0.3) is 0 Å². The Kier molecular flexibility index (Phi) is 11.1. The summed E-state index contributed by atoms with van der Waals surface area (Å²) in [5, 5.41) is 19.5. The summed E-state index contributed by atoms with van der Waals surface area (Å²) in [6.07, 6.45) is 6.02. The molecule has 2 aromatic heterocycles. The summed E-state index contributed by atoms with van der Waals surface area (Å²) in [7, 11) is 0. The van der Waals surface area contributed by atoms with Crippen LogP contribution in [-0.4, -0.2) is 80.7 Å². The van der Waals surface area contributed by atoms with Crippen molar-refractivity contribution in [3.8, 4) is 0 Å². The molecule has 0 aliphatic rings. The number of fused-ring (bicyclic) bond motifs is 2. The van der Waals surface area contributed by atoms with Crippen molar-refractivity contribution in [1.82, 2.24) is 25.9 Å². The summed E-state index contributed by atoms with van der Waals surface area (Å²) in [5.74, 6) is -2.50. The quantitative estimate of drug-likeness (QED) is 0.0931. The second-order valence-corrected chi connectivity index (χ2v) is 11.6. The van der Waals surface area contributed by atoms with Crippen LogP contribution in [0.3, 0.4) is 0 Å². The number of para-hydroxylation sites is 2. The van der Waals surface area contributed by atoms with E-state index in [-0.39, 0.29) is 18.6 Å². The number of carbonyl (C=O) groups excluding carboxylic acids is 3. The van der Waals surface area contributed by atoms with E-state index < -0.39 is 47.9 Å². The summed E-state index contributed by atoms with van der Waals surface area (Å²) in [5.41, 5.74) is 9.64. The number of hydrogen-bond donors (Lipinski definition) is 8. The van der Waals surface area contributed by atoms with Crippen molar-refractivity contribution in [2.24, 2.45) is 5.73 Å². The van der Waals surface area contributed by atoms with Crippen molar-refractivity contribution in [2.75, 3.05) is 17.8 Å². The number of carboxylic acids is 1. The number of aromatic amines is 2. The van der Waals surface area contributed by atoms with Crippen LogP contribution in [0.1, 0.15) is 17.5 Å². The first-order chi connectivity index (χ1) is 20.7. The van der Waals surface area contributed by atoms with Crippen LogP contribution < -0.4 is 21.7 Å². The Labute approximate surface area is 258 Å². The molecule has 13 heteroatoms. The van der Waals surface area contributed by atoms with Crippen LogP contribution in [0.5, 0.6) is 0 Å². The molecule has 0 fully saturated rings. The normalized spacial score (nSPS) is 14.1. The van der Waals surface area contributed by atoms with Crippen LogP contribution in [0.2, 0.25) is 0 Å². The Bertz CT molecular complexity index is 1590. The Hall–Kier alpha value is -3.94. The van der Waals surface area contributed by atoms with Crippen molar-refractivity contribution in [1.29, 1.82) is 0 Å². The molecule has 228 valence electrons. The number of nitrogens with two attached hydrogens (primary N) is 1. The smallest absolute Gasteiger partial charge is 0.326 e. The molecular formula is C30H36N6O5S2. The average molecular weight is 625 g/mol. The fourth-order valence-corrected chi connectivity index (χ4v) is 5.60. The van der Waals surface area contributed by atoms with E-state index in [0.29, 0.717) is 12.2 Å². The lowest BCUT2D eigenvalue weighted by Gasteiger charge is -2.24. The minimum absolute atomic E-state index is 0.0407. The Morgan fingerprint density at radius 2 is 1.33 bits per heavy atom. The first kappa shape index (κ1) is 32.0. The van der Waals surface area contributed by atoms with Crippen LogP contribution in [-0.2, 0) is 32.0 Å². The second-order valence-electron chi connectivity index (χ2n) is 10.2. The number of rotatable bonds is 15. The molecule has 4 atom stereocenters. The van der Waals surface area contributed by atoms with Crippen molar-refractivity contribution in [3.63, 3.8) is 0 Å². The largest absolute Gasteiger partial charge is 0.480 e. The molecule has 43 heavy (non-hydrogen) atoms. The maximum atomic E-state index is 13.3. The molecule has 4 rings (SSSR count). The fraction of sp³-hybridized carbons (Fsp3) is 0.333. The first-order valence-corrected chi connectivity index (χ1v) is 15.8. The molecule has 0 saturated heterocycles. The molecule has 8 N–H and O–H groups in total. The summed E-state index contributed by atoms with van der Waals surface area (Å²) < 4.78 is 0. The topological polar surface area (TPSA) is 182 Å². The predicted octanol–water partition coefficient (Wildman–Crippen LogP) is 1.98. The Morgan fingerprint density at radius 3 is 1.88 bits per heavy atom. The van der Waals surface area contributed by atoms with E-state index in [9.17, 15) is 24.3 Å². The molecule has 0 aliphatic carbocycles. The summed E-state index contributed by atoms with van der Waals surface area (Å²) >= 11 is 5.72. The van der Waals surface area contributed by atoms with Gasteiger partial charge in [-0.05, 0) is 48.1 Å². The maximum Gasteiger partial charge on any atom is 0.326 e. The van der Waals surface area contributed by atoms with E-state index in [4.69, 9.17) is 5.73 Å². The minimum Gasteiger partial charge on any atom is -0.480 e. The van der Waals surface area contributed by atoms with Gasteiger partial charge in [-0.15, -0.1) is 0 Å².